The first-order valence-electron chi connectivity index (χ1n) is 10.1. The number of nitrogens with one attached hydrogen (secondary N) is 1. The van der Waals surface area contributed by atoms with Crippen LogP contribution in [0.1, 0.15) is 6.23 Å². The van der Waals surface area contributed by atoms with Crippen LogP contribution in [-0.4, -0.2) is 63.9 Å². The number of para-hydroxylation sites is 1. The van der Waals surface area contributed by atoms with Crippen LogP contribution < -0.4 is 15.1 Å². The van der Waals surface area contributed by atoms with E-state index in [0.29, 0.717) is 11.4 Å². The van der Waals surface area contributed by atoms with E-state index in [9.17, 15) is 33.6 Å². The molecule has 1 fully saturated rings. The highest BCUT2D eigenvalue weighted by Crippen LogP contribution is 2.27. The molecule has 2 heterocycles. The van der Waals surface area contributed by atoms with Crippen LogP contribution in [0.25, 0.3) is 5.69 Å². The molecule has 1 aromatic heterocycles. The molecule has 34 heavy (non-hydrogen) atoms. The number of benzene rings is 2. The van der Waals surface area contributed by atoms with Crippen LogP contribution in [-0.2, 0) is 19.6 Å². The number of rotatable bonds is 6. The minimum Gasteiger partial charge on any atom is -0.479 e. The number of nitrogen functional groups attached to an aromatic ring is 1. The standard InChI is InChI=1S/C21H22N4O8S/c22-12-6-8-14(9-7-12)34(31,32)23-15-10-11-24(25(15)13-4-2-1-3-5-13)20-18(28)16(26)17(27)19(33-20)21(29)30/h1-11,16-20,26-28H,22H2,(H,29,30)/p+1/t16-,17-,18+,19-,20?/m0/s1. The number of aliphatic carboxylic acids is 1. The third-order valence-electron chi connectivity index (χ3n) is 5.37. The number of hydrogen-bond acceptors (Lipinski definition) is 8. The van der Waals surface area contributed by atoms with E-state index in [0.717, 1.165) is 0 Å². The molecule has 2 aromatic carbocycles. The number of aliphatic hydroxyl groups excluding tert-OH is 3. The van der Waals surface area contributed by atoms with Crippen molar-refractivity contribution >= 4 is 27.5 Å². The summed E-state index contributed by atoms with van der Waals surface area (Å²) in [6.07, 6.45) is -7.38. The van der Waals surface area contributed by atoms with Crippen molar-refractivity contribution in [2.24, 2.45) is 0 Å². The predicted molar refractivity (Wildman–Crippen MR) is 117 cm³/mol. The number of ether oxygens (including phenoxy) is 1. The van der Waals surface area contributed by atoms with Crippen molar-refractivity contribution in [3.63, 3.8) is 0 Å². The smallest absolute Gasteiger partial charge is 0.335 e. The zero-order valence-electron chi connectivity index (χ0n) is 17.5. The summed E-state index contributed by atoms with van der Waals surface area (Å²) < 4.78 is 36.4. The first kappa shape index (κ1) is 23.7. The van der Waals surface area contributed by atoms with Gasteiger partial charge in [-0.05, 0) is 36.4 Å². The third-order valence-corrected chi connectivity index (χ3v) is 6.74. The first-order valence-corrected chi connectivity index (χ1v) is 11.6. The van der Waals surface area contributed by atoms with Gasteiger partial charge in [-0.2, -0.15) is 0 Å². The van der Waals surface area contributed by atoms with Crippen molar-refractivity contribution in [2.45, 2.75) is 35.5 Å². The molecule has 4 rings (SSSR count). The molecule has 3 aromatic rings. The number of sulfonamides is 1. The Morgan fingerprint density at radius 2 is 1.62 bits per heavy atom. The third kappa shape index (κ3) is 4.34. The van der Waals surface area contributed by atoms with Gasteiger partial charge in [0, 0.05) is 5.69 Å². The SMILES string of the molecule is Nc1ccc(S(=O)(=O)Nc2cc[n+](C3O[C@H](C(=O)O)[C@@H](O)[C@H](O)[C@H]3O)n2-c2ccccc2)cc1. The molecular formula is C21H23N4O8S+. The Morgan fingerprint density at radius 3 is 2.24 bits per heavy atom. The van der Waals surface area contributed by atoms with Gasteiger partial charge in [-0.25, -0.2) is 13.2 Å². The summed E-state index contributed by atoms with van der Waals surface area (Å²) in [7, 11) is -4.06. The van der Waals surface area contributed by atoms with Crippen LogP contribution in [0.15, 0.2) is 71.8 Å². The van der Waals surface area contributed by atoms with Crippen LogP contribution in [0.4, 0.5) is 11.5 Å². The maximum Gasteiger partial charge on any atom is 0.335 e. The summed E-state index contributed by atoms with van der Waals surface area (Å²) in [6.45, 7) is 0. The molecule has 5 atom stereocenters. The van der Waals surface area contributed by atoms with E-state index in [1.54, 1.807) is 30.3 Å². The fourth-order valence-electron chi connectivity index (χ4n) is 3.65. The quantitative estimate of drug-likeness (QED) is 0.190. The van der Waals surface area contributed by atoms with E-state index in [2.05, 4.69) is 4.72 Å². The zero-order valence-corrected chi connectivity index (χ0v) is 18.4. The van der Waals surface area contributed by atoms with Crippen molar-refractivity contribution in [1.82, 2.24) is 4.68 Å². The van der Waals surface area contributed by atoms with E-state index in [1.165, 1.54) is 45.9 Å². The maximum atomic E-state index is 13.0. The van der Waals surface area contributed by atoms with Crippen LogP contribution in [0.5, 0.6) is 0 Å². The lowest BCUT2D eigenvalue weighted by Gasteiger charge is -2.35. The average molecular weight is 492 g/mol. The minimum absolute atomic E-state index is 0.0336. The van der Waals surface area contributed by atoms with Gasteiger partial charge in [-0.15, -0.1) is 4.68 Å². The molecule has 12 nitrogen and oxygen atoms in total. The molecule has 1 aliphatic heterocycles. The molecule has 1 unspecified atom stereocenters. The molecule has 7 N–H and O–H groups in total. The van der Waals surface area contributed by atoms with Gasteiger partial charge in [0.25, 0.3) is 10.0 Å². The number of carboxylic acids is 1. The van der Waals surface area contributed by atoms with Crippen LogP contribution in [0.3, 0.4) is 0 Å². The number of anilines is 2. The highest BCUT2D eigenvalue weighted by Gasteiger charge is 2.52. The first-order chi connectivity index (χ1) is 16.1. The molecule has 0 radical (unpaired) electrons. The summed E-state index contributed by atoms with van der Waals surface area (Å²) in [4.78, 5) is 11.5. The van der Waals surface area contributed by atoms with Gasteiger partial charge in [0.2, 0.25) is 6.20 Å². The van der Waals surface area contributed by atoms with E-state index < -0.39 is 46.6 Å². The second-order valence-corrected chi connectivity index (χ2v) is 9.34. The fourth-order valence-corrected chi connectivity index (χ4v) is 4.70. The van der Waals surface area contributed by atoms with Crippen LogP contribution >= 0.6 is 0 Å². The average Bonchev–Trinajstić information content (AvgIpc) is 3.20. The van der Waals surface area contributed by atoms with E-state index in [-0.39, 0.29) is 10.7 Å². The van der Waals surface area contributed by atoms with Gasteiger partial charge in [0.05, 0.1) is 11.0 Å². The van der Waals surface area contributed by atoms with Crippen molar-refractivity contribution < 1.29 is 43.1 Å². The van der Waals surface area contributed by atoms with Gasteiger partial charge >= 0.3 is 12.2 Å². The largest absolute Gasteiger partial charge is 0.479 e. The number of aliphatic hydroxyl groups is 3. The highest BCUT2D eigenvalue weighted by molar-refractivity contribution is 7.92. The molecule has 180 valence electrons. The second kappa shape index (κ2) is 9.04. The lowest BCUT2D eigenvalue weighted by molar-refractivity contribution is -0.833. The van der Waals surface area contributed by atoms with E-state index in [4.69, 9.17) is 10.5 Å². The Balaban J connectivity index is 1.79. The summed E-state index contributed by atoms with van der Waals surface area (Å²) in [6, 6.07) is 15.3. The van der Waals surface area contributed by atoms with Gasteiger partial charge < -0.3 is 26.2 Å². The van der Waals surface area contributed by atoms with Crippen molar-refractivity contribution in [1.29, 1.82) is 0 Å². The number of carbonyl (C=O) groups is 1. The van der Waals surface area contributed by atoms with Crippen molar-refractivity contribution in [2.75, 3.05) is 10.5 Å². The van der Waals surface area contributed by atoms with Gasteiger partial charge in [-0.1, -0.05) is 22.9 Å². The van der Waals surface area contributed by atoms with Gasteiger partial charge in [0.15, 0.2) is 18.0 Å². The molecule has 1 saturated heterocycles. The number of carboxylic acid groups (broad SMARTS) is 1. The number of nitrogens with zero attached hydrogens (tertiary/aromatic N) is 2. The van der Waals surface area contributed by atoms with Crippen molar-refractivity contribution in [3.05, 3.63) is 66.9 Å². The van der Waals surface area contributed by atoms with Crippen molar-refractivity contribution in [3.8, 4) is 5.69 Å². The normalized spacial score (nSPS) is 25.1. The molecule has 1 aliphatic rings. The molecule has 0 spiro atoms. The van der Waals surface area contributed by atoms with E-state index >= 15 is 0 Å². The summed E-state index contributed by atoms with van der Waals surface area (Å²) >= 11 is 0. The second-order valence-electron chi connectivity index (χ2n) is 7.66. The summed E-state index contributed by atoms with van der Waals surface area (Å²) in [5.74, 6) is -1.50. The van der Waals surface area contributed by atoms with Crippen LogP contribution in [0.2, 0.25) is 0 Å². The Bertz CT molecular complexity index is 1280. The summed E-state index contributed by atoms with van der Waals surface area (Å²) in [5, 5.41) is 40.2. The summed E-state index contributed by atoms with van der Waals surface area (Å²) in [5.41, 5.74) is 6.46. The van der Waals surface area contributed by atoms with Gasteiger partial charge in [0.1, 0.15) is 17.9 Å². The number of aromatic nitrogens is 2. The van der Waals surface area contributed by atoms with E-state index in [1.807, 2.05) is 0 Å². The molecular weight excluding hydrogens is 468 g/mol. The zero-order chi connectivity index (χ0) is 24.6. The fraction of sp³-hybridized carbons (Fsp3) is 0.238. The number of hydrogen-bond donors (Lipinski definition) is 6. The maximum absolute atomic E-state index is 13.0. The monoisotopic (exact) mass is 491 g/mol. The molecule has 13 heteroatoms. The van der Waals surface area contributed by atoms with Crippen LogP contribution in [0, 0.1) is 0 Å². The molecule has 0 saturated carbocycles. The Morgan fingerprint density at radius 1 is 0.971 bits per heavy atom. The Hall–Kier alpha value is -3.49. The Kier molecular flexibility index (Phi) is 6.29. The highest BCUT2D eigenvalue weighted by atomic mass is 32.2. The lowest BCUT2D eigenvalue weighted by atomic mass is 9.98. The molecule has 0 aliphatic carbocycles. The minimum atomic E-state index is -4.06. The topological polar surface area (TPSA) is 188 Å². The lowest BCUT2D eigenvalue weighted by Crippen LogP contribution is -2.65. The van der Waals surface area contributed by atoms with Gasteiger partial charge in [-0.3, -0.25) is 9.46 Å². The molecule has 0 amide bonds. The number of nitrogens with two attached hydrogens (primary N) is 1. The molecule has 0 bridgehead atoms. The predicted octanol–water partition coefficient (Wildman–Crippen LogP) is -0.787. The Labute approximate surface area is 194 Å².